The predicted molar refractivity (Wildman–Crippen MR) is 119 cm³/mol. The van der Waals surface area contributed by atoms with Gasteiger partial charge in [-0.15, -0.1) is 0 Å². The number of benzene rings is 1. The van der Waals surface area contributed by atoms with Gasteiger partial charge in [-0.05, 0) is 57.6 Å². The van der Waals surface area contributed by atoms with Gasteiger partial charge in [0.25, 0.3) is 11.8 Å². The van der Waals surface area contributed by atoms with E-state index in [9.17, 15) is 19.2 Å². The molecule has 1 saturated heterocycles. The number of imide groups is 1. The molecule has 1 aliphatic carbocycles. The lowest BCUT2D eigenvalue weighted by atomic mass is 9.97. The molecule has 1 fully saturated rings. The fourth-order valence-corrected chi connectivity index (χ4v) is 3.70. The Morgan fingerprint density at radius 1 is 1.22 bits per heavy atom. The second-order valence-corrected chi connectivity index (χ2v) is 8.20. The summed E-state index contributed by atoms with van der Waals surface area (Å²) in [6.07, 6.45) is 8.29. The van der Waals surface area contributed by atoms with Crippen molar-refractivity contribution in [2.24, 2.45) is 0 Å². The Kier molecular flexibility index (Phi) is 7.50. The number of urea groups is 1. The van der Waals surface area contributed by atoms with Gasteiger partial charge in [0.1, 0.15) is 5.54 Å². The Morgan fingerprint density at radius 3 is 2.69 bits per heavy atom. The minimum atomic E-state index is -1.07. The molecule has 1 heterocycles. The van der Waals surface area contributed by atoms with Gasteiger partial charge in [-0.3, -0.25) is 15.0 Å². The van der Waals surface area contributed by atoms with Crippen LogP contribution in [0.25, 0.3) is 0 Å². The van der Waals surface area contributed by atoms with Crippen LogP contribution in [0.2, 0.25) is 0 Å². The lowest BCUT2D eigenvalue weighted by Crippen LogP contribution is -2.49. The van der Waals surface area contributed by atoms with E-state index in [1.807, 2.05) is 6.07 Å². The third-order valence-corrected chi connectivity index (χ3v) is 5.83. The van der Waals surface area contributed by atoms with Crippen LogP contribution in [-0.2, 0) is 14.3 Å². The van der Waals surface area contributed by atoms with Crippen LogP contribution in [-0.4, -0.2) is 47.5 Å². The van der Waals surface area contributed by atoms with Gasteiger partial charge in [-0.2, -0.15) is 5.01 Å². The highest BCUT2D eigenvalue weighted by atomic mass is 16.5. The lowest BCUT2D eigenvalue weighted by Gasteiger charge is -2.19. The molecule has 1 unspecified atom stereocenters. The number of amides is 4. The summed E-state index contributed by atoms with van der Waals surface area (Å²) in [6.45, 7) is 3.40. The number of anilines is 1. The van der Waals surface area contributed by atoms with Crippen LogP contribution >= 0.6 is 0 Å². The van der Waals surface area contributed by atoms with E-state index in [1.165, 1.54) is 18.4 Å². The van der Waals surface area contributed by atoms with Crippen LogP contribution in [0.4, 0.5) is 10.5 Å². The fourth-order valence-electron chi connectivity index (χ4n) is 3.70. The molecule has 2 aliphatic rings. The number of rotatable bonds is 9. The topological polar surface area (TPSA) is 117 Å². The van der Waals surface area contributed by atoms with Gasteiger partial charge in [0.05, 0.1) is 5.56 Å². The Balaban J connectivity index is 1.51. The largest absolute Gasteiger partial charge is 0.452 e. The van der Waals surface area contributed by atoms with Crippen molar-refractivity contribution in [2.45, 2.75) is 57.9 Å². The van der Waals surface area contributed by atoms with Crippen molar-refractivity contribution in [3.63, 3.8) is 0 Å². The zero-order valence-electron chi connectivity index (χ0n) is 18.5. The van der Waals surface area contributed by atoms with Gasteiger partial charge < -0.3 is 15.4 Å². The summed E-state index contributed by atoms with van der Waals surface area (Å²) < 4.78 is 5.11. The highest BCUT2D eigenvalue weighted by Gasteiger charge is 2.47. The number of hydrogen-bond acceptors (Lipinski definition) is 6. The number of hydrazine groups is 1. The van der Waals surface area contributed by atoms with Gasteiger partial charge in [-0.25, -0.2) is 9.59 Å². The fraction of sp³-hybridized carbons (Fsp3) is 0.478. The Morgan fingerprint density at radius 2 is 2.00 bits per heavy atom. The monoisotopic (exact) mass is 442 g/mol. The lowest BCUT2D eigenvalue weighted by molar-refractivity contribution is -0.139. The Labute approximate surface area is 187 Å². The van der Waals surface area contributed by atoms with Crippen molar-refractivity contribution in [3.8, 4) is 0 Å². The maximum atomic E-state index is 12.5. The molecule has 1 aromatic carbocycles. The van der Waals surface area contributed by atoms with E-state index >= 15 is 0 Å². The molecule has 0 bridgehead atoms. The molecular weight excluding hydrogens is 412 g/mol. The summed E-state index contributed by atoms with van der Waals surface area (Å²) in [5.74, 6) is -2.01. The molecule has 9 nitrogen and oxygen atoms in total. The first-order valence-corrected chi connectivity index (χ1v) is 11.0. The van der Waals surface area contributed by atoms with Gasteiger partial charge in [0.15, 0.2) is 6.61 Å². The van der Waals surface area contributed by atoms with Crippen molar-refractivity contribution in [1.82, 2.24) is 15.8 Å². The second kappa shape index (κ2) is 10.3. The number of para-hydroxylation sites is 1. The third kappa shape index (κ3) is 5.46. The molecule has 32 heavy (non-hydrogen) atoms. The molecule has 3 N–H and O–H groups in total. The number of esters is 1. The molecule has 4 amide bonds. The highest BCUT2D eigenvalue weighted by molar-refractivity contribution is 6.07. The van der Waals surface area contributed by atoms with Crippen molar-refractivity contribution in [3.05, 3.63) is 41.5 Å². The van der Waals surface area contributed by atoms with E-state index in [0.717, 1.165) is 19.3 Å². The zero-order chi connectivity index (χ0) is 23.1. The van der Waals surface area contributed by atoms with E-state index < -0.39 is 36.0 Å². The van der Waals surface area contributed by atoms with Gasteiger partial charge in [0.2, 0.25) is 0 Å². The number of nitrogens with one attached hydrogen (secondary N) is 3. The minimum Gasteiger partial charge on any atom is -0.452 e. The van der Waals surface area contributed by atoms with E-state index in [0.29, 0.717) is 29.2 Å². The van der Waals surface area contributed by atoms with E-state index in [-0.39, 0.29) is 0 Å². The predicted octanol–water partition coefficient (Wildman–Crippen LogP) is 2.90. The van der Waals surface area contributed by atoms with Crippen molar-refractivity contribution < 1.29 is 23.9 Å². The van der Waals surface area contributed by atoms with Crippen LogP contribution < -0.4 is 16.1 Å². The summed E-state index contributed by atoms with van der Waals surface area (Å²) >= 11 is 0. The first kappa shape index (κ1) is 23.3. The first-order chi connectivity index (χ1) is 15.3. The summed E-state index contributed by atoms with van der Waals surface area (Å²) in [6, 6.07) is 6.21. The molecule has 1 aromatic rings. The molecule has 9 heteroatoms. The normalized spacial score (nSPS) is 20.4. The summed E-state index contributed by atoms with van der Waals surface area (Å²) in [5.41, 5.74) is 3.49. The Bertz CT molecular complexity index is 929. The summed E-state index contributed by atoms with van der Waals surface area (Å²) in [4.78, 5) is 49.0. The minimum absolute atomic E-state index is 0.312. The van der Waals surface area contributed by atoms with Crippen molar-refractivity contribution >= 4 is 29.5 Å². The van der Waals surface area contributed by atoms with Crippen LogP contribution in [0.1, 0.15) is 62.7 Å². The number of carbonyl (C=O) groups excluding carboxylic acids is 4. The van der Waals surface area contributed by atoms with Gasteiger partial charge >= 0.3 is 12.0 Å². The molecule has 0 saturated carbocycles. The number of allylic oxidation sites excluding steroid dienone is 1. The van der Waals surface area contributed by atoms with Crippen molar-refractivity contribution in [1.29, 1.82) is 0 Å². The van der Waals surface area contributed by atoms with Crippen LogP contribution in [0, 0.1) is 0 Å². The molecule has 0 aromatic heterocycles. The Hall–Kier alpha value is -3.36. The highest BCUT2D eigenvalue weighted by Crippen LogP contribution is 2.22. The van der Waals surface area contributed by atoms with E-state index in [2.05, 4.69) is 22.1 Å². The smallest absolute Gasteiger partial charge is 0.344 e. The molecule has 0 spiro atoms. The summed E-state index contributed by atoms with van der Waals surface area (Å²) in [7, 11) is 0. The maximum absolute atomic E-state index is 12.5. The number of carbonyl (C=O) groups is 4. The maximum Gasteiger partial charge on any atom is 0.344 e. The molecule has 1 atom stereocenters. The molecule has 3 rings (SSSR count). The van der Waals surface area contributed by atoms with E-state index in [1.54, 1.807) is 32.0 Å². The quantitative estimate of drug-likeness (QED) is 0.308. The first-order valence-electron chi connectivity index (χ1n) is 11.0. The van der Waals surface area contributed by atoms with Crippen molar-refractivity contribution in [2.75, 3.05) is 18.5 Å². The van der Waals surface area contributed by atoms with Gasteiger partial charge in [0, 0.05) is 12.2 Å². The third-order valence-electron chi connectivity index (χ3n) is 5.83. The van der Waals surface area contributed by atoms with Crippen LogP contribution in [0.5, 0.6) is 0 Å². The zero-order valence-corrected chi connectivity index (χ0v) is 18.5. The van der Waals surface area contributed by atoms with Crippen LogP contribution in [0.3, 0.4) is 0 Å². The standard InChI is InChI=1S/C23H30N4O5/c1-3-23(2)21(30)27(22(31)25-23)26-19(28)15-32-20(29)17-11-7-8-12-18(17)24-14-13-16-9-5-4-6-10-16/h7-9,11-12,24H,3-6,10,13-15H2,1-2H3,(H,25,31)(H,26,28). The molecular formula is C23H30N4O5. The summed E-state index contributed by atoms with van der Waals surface area (Å²) in [5, 5.41) is 6.42. The van der Waals surface area contributed by atoms with Gasteiger partial charge in [-0.1, -0.05) is 30.7 Å². The molecule has 0 radical (unpaired) electrons. The SMILES string of the molecule is CCC1(C)NC(=O)N(NC(=O)COC(=O)c2ccccc2NCCC2=CCCCC2)C1=O. The number of nitrogens with zero attached hydrogens (tertiary/aromatic N) is 1. The molecule has 172 valence electrons. The number of ether oxygens (including phenoxy) is 1. The average molecular weight is 443 g/mol. The average Bonchev–Trinajstić information content (AvgIpc) is 3.02. The van der Waals surface area contributed by atoms with E-state index in [4.69, 9.17) is 4.74 Å². The number of hydrogen-bond donors (Lipinski definition) is 3. The second-order valence-electron chi connectivity index (χ2n) is 8.20. The van der Waals surface area contributed by atoms with Crippen LogP contribution in [0.15, 0.2) is 35.9 Å². The molecule has 1 aliphatic heterocycles.